The van der Waals surface area contributed by atoms with Crippen molar-refractivity contribution in [2.45, 2.75) is 20.4 Å². The van der Waals surface area contributed by atoms with Gasteiger partial charge in [-0.25, -0.2) is 0 Å². The number of nitro groups is 1. The summed E-state index contributed by atoms with van der Waals surface area (Å²) in [6, 6.07) is 12.2. The third kappa shape index (κ3) is 3.78. The number of benzene rings is 2. The lowest BCUT2D eigenvalue weighted by molar-refractivity contribution is -0.384. The molecule has 0 fully saturated rings. The maximum Gasteiger partial charge on any atom is 0.272 e. The van der Waals surface area contributed by atoms with Crippen molar-refractivity contribution in [1.82, 2.24) is 4.57 Å². The summed E-state index contributed by atoms with van der Waals surface area (Å²) in [7, 11) is 0. The van der Waals surface area contributed by atoms with E-state index in [0.29, 0.717) is 10.4 Å². The molecule has 0 N–H and O–H groups in total. The first-order valence-electron chi connectivity index (χ1n) is 8.09. The maximum atomic E-state index is 12.2. The highest BCUT2D eigenvalue weighted by Crippen LogP contribution is 2.19. The molecular formula is C19H17N3O3S. The normalized spacial score (nSPS) is 12.2. The van der Waals surface area contributed by atoms with Gasteiger partial charge < -0.3 is 4.57 Å². The van der Waals surface area contributed by atoms with Gasteiger partial charge in [0, 0.05) is 24.8 Å². The van der Waals surface area contributed by atoms with E-state index in [0.717, 1.165) is 22.3 Å². The maximum absolute atomic E-state index is 12.2. The van der Waals surface area contributed by atoms with Gasteiger partial charge in [0.05, 0.1) is 15.1 Å². The molecule has 1 aromatic heterocycles. The number of fused-ring (bicyclic) bond motifs is 1. The molecule has 0 radical (unpaired) electrons. The molecule has 7 heteroatoms. The lowest BCUT2D eigenvalue weighted by atomic mass is 10.2. The Kier molecular flexibility index (Phi) is 5.09. The highest BCUT2D eigenvalue weighted by Gasteiger charge is 2.06. The molecule has 2 aromatic carbocycles. The average molecular weight is 367 g/mol. The standard InChI is InChI=1S/C19H17N3O3S/c1-3-21-16-10-4-13(2)12-17(16)26-19(21)20-18(23)11-7-14-5-8-15(9-6-14)22(24)25/h4-12H,3H2,1-2H3/b11-7+,20-19?. The van der Waals surface area contributed by atoms with Crippen LogP contribution in [0.25, 0.3) is 16.3 Å². The summed E-state index contributed by atoms with van der Waals surface area (Å²) in [5, 5.41) is 10.7. The third-order valence-corrected chi connectivity index (χ3v) is 4.92. The van der Waals surface area contributed by atoms with Crippen molar-refractivity contribution in [2.24, 2.45) is 4.99 Å². The zero-order valence-corrected chi connectivity index (χ0v) is 15.2. The number of nitrogens with zero attached hydrogens (tertiary/aromatic N) is 3. The first-order chi connectivity index (χ1) is 12.5. The molecule has 132 valence electrons. The summed E-state index contributed by atoms with van der Waals surface area (Å²) in [6.45, 7) is 4.77. The summed E-state index contributed by atoms with van der Waals surface area (Å²) in [6.07, 6.45) is 2.97. The van der Waals surface area contributed by atoms with Crippen LogP contribution in [0.4, 0.5) is 5.69 Å². The van der Waals surface area contributed by atoms with Crippen molar-refractivity contribution in [3.05, 3.63) is 74.6 Å². The summed E-state index contributed by atoms with van der Waals surface area (Å²) in [5.74, 6) is -0.367. The van der Waals surface area contributed by atoms with Crippen molar-refractivity contribution in [1.29, 1.82) is 0 Å². The van der Waals surface area contributed by atoms with E-state index in [2.05, 4.69) is 11.1 Å². The Hall–Kier alpha value is -3.06. The Morgan fingerprint density at radius 1 is 1.27 bits per heavy atom. The highest BCUT2D eigenvalue weighted by atomic mass is 32.1. The lowest BCUT2D eigenvalue weighted by Crippen LogP contribution is -2.15. The Labute approximate surface area is 153 Å². The Balaban J connectivity index is 1.88. The predicted octanol–water partition coefficient (Wildman–Crippen LogP) is 4.08. The number of rotatable bonds is 4. The second-order valence-corrected chi connectivity index (χ2v) is 6.74. The fourth-order valence-electron chi connectivity index (χ4n) is 2.58. The fraction of sp³-hybridized carbons (Fsp3) is 0.158. The van der Waals surface area contributed by atoms with Gasteiger partial charge in [-0.3, -0.25) is 14.9 Å². The number of thiazole rings is 1. The van der Waals surface area contributed by atoms with Crippen LogP contribution >= 0.6 is 11.3 Å². The van der Waals surface area contributed by atoms with Gasteiger partial charge in [-0.2, -0.15) is 4.99 Å². The average Bonchev–Trinajstić information content (AvgIpc) is 2.96. The molecule has 6 nitrogen and oxygen atoms in total. The second-order valence-electron chi connectivity index (χ2n) is 5.73. The largest absolute Gasteiger partial charge is 0.317 e. The molecule has 0 atom stereocenters. The molecule has 0 unspecified atom stereocenters. The van der Waals surface area contributed by atoms with E-state index in [1.165, 1.54) is 29.5 Å². The van der Waals surface area contributed by atoms with Crippen molar-refractivity contribution in [2.75, 3.05) is 0 Å². The van der Waals surface area contributed by atoms with Crippen LogP contribution in [0, 0.1) is 17.0 Å². The van der Waals surface area contributed by atoms with Gasteiger partial charge in [-0.15, -0.1) is 0 Å². The van der Waals surface area contributed by atoms with E-state index in [-0.39, 0.29) is 11.6 Å². The number of hydrogen-bond donors (Lipinski definition) is 0. The number of nitro benzene ring substituents is 1. The topological polar surface area (TPSA) is 77.5 Å². The smallest absolute Gasteiger partial charge is 0.272 e. The number of amides is 1. The van der Waals surface area contributed by atoms with Crippen LogP contribution in [-0.2, 0) is 11.3 Å². The number of hydrogen-bond acceptors (Lipinski definition) is 4. The van der Waals surface area contributed by atoms with Crippen LogP contribution in [0.3, 0.4) is 0 Å². The number of non-ortho nitro benzene ring substituents is 1. The van der Waals surface area contributed by atoms with Gasteiger partial charge in [0.1, 0.15) is 0 Å². The Morgan fingerprint density at radius 3 is 2.65 bits per heavy atom. The third-order valence-electron chi connectivity index (χ3n) is 3.88. The van der Waals surface area contributed by atoms with E-state index in [4.69, 9.17) is 0 Å². The summed E-state index contributed by atoms with van der Waals surface area (Å²) in [4.78, 5) is 27.3. The number of carbonyl (C=O) groups excluding carboxylic acids is 1. The summed E-state index contributed by atoms with van der Waals surface area (Å²) >= 11 is 1.48. The van der Waals surface area contributed by atoms with Gasteiger partial charge in [0.15, 0.2) is 4.80 Å². The summed E-state index contributed by atoms with van der Waals surface area (Å²) < 4.78 is 3.11. The van der Waals surface area contributed by atoms with Gasteiger partial charge in [0.25, 0.3) is 11.6 Å². The Morgan fingerprint density at radius 2 is 2.00 bits per heavy atom. The molecule has 0 bridgehead atoms. The van der Waals surface area contributed by atoms with E-state index in [9.17, 15) is 14.9 Å². The number of carbonyl (C=O) groups is 1. The van der Waals surface area contributed by atoms with Crippen molar-refractivity contribution in [3.63, 3.8) is 0 Å². The second kappa shape index (κ2) is 7.45. The minimum absolute atomic E-state index is 0.0164. The monoisotopic (exact) mass is 367 g/mol. The minimum atomic E-state index is -0.458. The highest BCUT2D eigenvalue weighted by molar-refractivity contribution is 7.16. The molecule has 0 aliphatic rings. The minimum Gasteiger partial charge on any atom is -0.317 e. The molecule has 0 spiro atoms. The first kappa shape index (κ1) is 17.8. The van der Waals surface area contributed by atoms with Crippen molar-refractivity contribution < 1.29 is 9.72 Å². The van der Waals surface area contributed by atoms with Crippen LogP contribution < -0.4 is 4.80 Å². The molecule has 3 aromatic rings. The van der Waals surface area contributed by atoms with Gasteiger partial charge >= 0.3 is 0 Å². The number of aryl methyl sites for hydroxylation is 2. The molecule has 0 aliphatic heterocycles. The van der Waals surface area contributed by atoms with E-state index < -0.39 is 4.92 Å². The molecule has 1 heterocycles. The van der Waals surface area contributed by atoms with E-state index >= 15 is 0 Å². The van der Waals surface area contributed by atoms with E-state index in [1.807, 2.05) is 30.5 Å². The molecular weight excluding hydrogens is 350 g/mol. The van der Waals surface area contributed by atoms with Crippen molar-refractivity contribution >= 4 is 39.2 Å². The quantitative estimate of drug-likeness (QED) is 0.396. The lowest BCUT2D eigenvalue weighted by Gasteiger charge is -1.99. The SMILES string of the molecule is CCn1c(=NC(=O)/C=C/c2ccc([N+](=O)[O-])cc2)sc2cc(C)ccc21. The first-order valence-corrected chi connectivity index (χ1v) is 8.91. The Bertz CT molecular complexity index is 1080. The predicted molar refractivity (Wildman–Crippen MR) is 103 cm³/mol. The van der Waals surface area contributed by atoms with Gasteiger partial charge in [-0.1, -0.05) is 17.4 Å². The van der Waals surface area contributed by atoms with Crippen LogP contribution in [0.15, 0.2) is 53.5 Å². The van der Waals surface area contributed by atoms with Crippen LogP contribution in [0.1, 0.15) is 18.1 Å². The fourth-order valence-corrected chi connectivity index (χ4v) is 3.78. The molecule has 0 saturated carbocycles. The van der Waals surface area contributed by atoms with E-state index in [1.54, 1.807) is 18.2 Å². The molecule has 1 amide bonds. The van der Waals surface area contributed by atoms with Crippen LogP contribution in [-0.4, -0.2) is 15.4 Å². The van der Waals surface area contributed by atoms with Gasteiger partial charge in [0.2, 0.25) is 0 Å². The molecule has 26 heavy (non-hydrogen) atoms. The van der Waals surface area contributed by atoms with Gasteiger partial charge in [-0.05, 0) is 55.3 Å². The van der Waals surface area contributed by atoms with Crippen LogP contribution in [0.5, 0.6) is 0 Å². The molecule has 3 rings (SSSR count). The molecule has 0 aliphatic carbocycles. The summed E-state index contributed by atoms with van der Waals surface area (Å²) in [5.41, 5.74) is 2.95. The zero-order chi connectivity index (χ0) is 18.7. The number of aromatic nitrogens is 1. The van der Waals surface area contributed by atoms with Crippen LogP contribution in [0.2, 0.25) is 0 Å². The zero-order valence-electron chi connectivity index (χ0n) is 14.4. The van der Waals surface area contributed by atoms with Crippen molar-refractivity contribution in [3.8, 4) is 0 Å². The molecule has 0 saturated heterocycles.